The molecule has 0 aliphatic carbocycles. The van der Waals surface area contributed by atoms with Gasteiger partial charge in [0.15, 0.2) is 0 Å². The van der Waals surface area contributed by atoms with Crippen molar-refractivity contribution in [3.05, 3.63) is 23.9 Å². The Labute approximate surface area is 95.3 Å². The first kappa shape index (κ1) is 12.9. The average molecular weight is 225 g/mol. The van der Waals surface area contributed by atoms with E-state index in [0.29, 0.717) is 17.9 Å². The lowest BCUT2D eigenvalue weighted by Crippen LogP contribution is -2.44. The SMILES string of the molecule is CC(C)(CO)NC[C@H](O)c1ccc(N)nc1. The lowest BCUT2D eigenvalue weighted by molar-refractivity contribution is 0.136. The highest BCUT2D eigenvalue weighted by Gasteiger charge is 2.17. The first-order valence-electron chi connectivity index (χ1n) is 5.20. The van der Waals surface area contributed by atoms with E-state index in [9.17, 15) is 5.11 Å². The van der Waals surface area contributed by atoms with E-state index in [0.717, 1.165) is 0 Å². The first-order chi connectivity index (χ1) is 7.44. The Kier molecular flexibility index (Phi) is 4.23. The number of nitrogen functional groups attached to an aromatic ring is 1. The highest BCUT2D eigenvalue weighted by atomic mass is 16.3. The van der Waals surface area contributed by atoms with Gasteiger partial charge in [-0.1, -0.05) is 6.07 Å². The summed E-state index contributed by atoms with van der Waals surface area (Å²) in [6.07, 6.45) is 0.895. The maximum Gasteiger partial charge on any atom is 0.123 e. The lowest BCUT2D eigenvalue weighted by Gasteiger charge is -2.25. The Balaban J connectivity index is 2.53. The van der Waals surface area contributed by atoms with E-state index >= 15 is 0 Å². The first-order valence-corrected chi connectivity index (χ1v) is 5.20. The number of aromatic nitrogens is 1. The van der Waals surface area contributed by atoms with E-state index < -0.39 is 11.6 Å². The number of hydrogen-bond acceptors (Lipinski definition) is 5. The third-order valence-corrected chi connectivity index (χ3v) is 2.36. The molecular weight excluding hydrogens is 206 g/mol. The van der Waals surface area contributed by atoms with Crippen molar-refractivity contribution in [2.45, 2.75) is 25.5 Å². The number of aliphatic hydroxyl groups excluding tert-OH is 2. The van der Waals surface area contributed by atoms with E-state index in [2.05, 4.69) is 10.3 Å². The second-order valence-corrected chi connectivity index (χ2v) is 4.46. The van der Waals surface area contributed by atoms with Crippen molar-refractivity contribution in [1.82, 2.24) is 10.3 Å². The summed E-state index contributed by atoms with van der Waals surface area (Å²) in [5, 5.41) is 21.9. The minimum Gasteiger partial charge on any atom is -0.394 e. The van der Waals surface area contributed by atoms with Gasteiger partial charge in [-0.15, -0.1) is 0 Å². The predicted molar refractivity (Wildman–Crippen MR) is 62.8 cm³/mol. The summed E-state index contributed by atoms with van der Waals surface area (Å²) in [5.74, 6) is 0.430. The highest BCUT2D eigenvalue weighted by Crippen LogP contribution is 2.12. The molecule has 0 unspecified atom stereocenters. The molecule has 0 spiro atoms. The Hall–Kier alpha value is -1.17. The predicted octanol–water partition coefficient (Wildman–Crippen LogP) is 0.0577. The van der Waals surface area contributed by atoms with Crippen molar-refractivity contribution in [2.24, 2.45) is 0 Å². The van der Waals surface area contributed by atoms with Gasteiger partial charge in [0.25, 0.3) is 0 Å². The number of aliphatic hydroxyl groups is 2. The fourth-order valence-electron chi connectivity index (χ4n) is 1.16. The van der Waals surface area contributed by atoms with Crippen LogP contribution >= 0.6 is 0 Å². The van der Waals surface area contributed by atoms with Gasteiger partial charge in [-0.25, -0.2) is 4.98 Å². The standard InChI is InChI=1S/C11H19N3O2/c1-11(2,7-15)14-6-9(16)8-3-4-10(12)13-5-8/h3-5,9,14-16H,6-7H2,1-2H3,(H2,12,13)/t9-/m0/s1. The Bertz CT molecular complexity index is 325. The minimum absolute atomic E-state index is 0.0136. The zero-order valence-electron chi connectivity index (χ0n) is 9.64. The zero-order valence-corrected chi connectivity index (χ0v) is 9.64. The maximum atomic E-state index is 9.85. The van der Waals surface area contributed by atoms with Crippen LogP contribution in [0.15, 0.2) is 18.3 Å². The minimum atomic E-state index is -0.654. The Morgan fingerprint density at radius 1 is 1.50 bits per heavy atom. The molecule has 0 aliphatic rings. The molecule has 0 aliphatic heterocycles. The van der Waals surface area contributed by atoms with Gasteiger partial charge in [0.1, 0.15) is 5.82 Å². The number of nitrogens with one attached hydrogen (secondary N) is 1. The molecule has 5 heteroatoms. The van der Waals surface area contributed by atoms with Crippen LogP contribution in [-0.4, -0.2) is 33.9 Å². The monoisotopic (exact) mass is 225 g/mol. The molecule has 1 rings (SSSR count). The molecule has 0 radical (unpaired) electrons. The zero-order chi connectivity index (χ0) is 12.2. The van der Waals surface area contributed by atoms with Gasteiger partial charge in [-0.05, 0) is 19.9 Å². The molecule has 1 aromatic rings. The van der Waals surface area contributed by atoms with E-state index in [1.807, 2.05) is 13.8 Å². The number of rotatable bonds is 5. The van der Waals surface area contributed by atoms with Gasteiger partial charge >= 0.3 is 0 Å². The largest absolute Gasteiger partial charge is 0.394 e. The van der Waals surface area contributed by atoms with Crippen molar-refractivity contribution >= 4 is 5.82 Å². The molecular formula is C11H19N3O2. The molecule has 5 N–H and O–H groups in total. The molecule has 0 amide bonds. The van der Waals surface area contributed by atoms with Crippen LogP contribution in [0.25, 0.3) is 0 Å². The van der Waals surface area contributed by atoms with Crippen molar-refractivity contribution in [1.29, 1.82) is 0 Å². The highest BCUT2D eigenvalue weighted by molar-refractivity contribution is 5.30. The fraction of sp³-hybridized carbons (Fsp3) is 0.545. The second-order valence-electron chi connectivity index (χ2n) is 4.46. The van der Waals surface area contributed by atoms with E-state index in [1.54, 1.807) is 18.3 Å². The summed E-state index contributed by atoms with van der Waals surface area (Å²) >= 11 is 0. The van der Waals surface area contributed by atoms with E-state index in [-0.39, 0.29) is 6.61 Å². The fourth-order valence-corrected chi connectivity index (χ4v) is 1.16. The molecule has 5 nitrogen and oxygen atoms in total. The molecule has 0 bridgehead atoms. The molecule has 0 aromatic carbocycles. The summed E-state index contributed by atoms with van der Waals surface area (Å²) in [7, 11) is 0. The van der Waals surface area contributed by atoms with Gasteiger partial charge in [-0.3, -0.25) is 0 Å². The smallest absolute Gasteiger partial charge is 0.123 e. The molecule has 0 saturated heterocycles. The van der Waals surface area contributed by atoms with E-state index in [1.165, 1.54) is 0 Å². The van der Waals surface area contributed by atoms with Gasteiger partial charge in [-0.2, -0.15) is 0 Å². The van der Waals surface area contributed by atoms with Crippen LogP contribution in [0.5, 0.6) is 0 Å². The number of anilines is 1. The van der Waals surface area contributed by atoms with Crippen LogP contribution in [0.1, 0.15) is 25.5 Å². The Morgan fingerprint density at radius 2 is 2.19 bits per heavy atom. The van der Waals surface area contributed by atoms with Crippen LogP contribution in [0.2, 0.25) is 0 Å². The lowest BCUT2D eigenvalue weighted by atomic mass is 10.1. The van der Waals surface area contributed by atoms with Crippen molar-refractivity contribution in [3.8, 4) is 0 Å². The van der Waals surface area contributed by atoms with Gasteiger partial charge in [0, 0.05) is 23.8 Å². The molecule has 90 valence electrons. The normalized spacial score (nSPS) is 13.8. The van der Waals surface area contributed by atoms with Gasteiger partial charge in [0.2, 0.25) is 0 Å². The molecule has 0 fully saturated rings. The number of pyridine rings is 1. The van der Waals surface area contributed by atoms with Gasteiger partial charge in [0.05, 0.1) is 12.7 Å². The molecule has 16 heavy (non-hydrogen) atoms. The van der Waals surface area contributed by atoms with Gasteiger partial charge < -0.3 is 21.3 Å². The van der Waals surface area contributed by atoms with Crippen LogP contribution in [-0.2, 0) is 0 Å². The second kappa shape index (κ2) is 5.25. The third-order valence-electron chi connectivity index (χ3n) is 2.36. The maximum absolute atomic E-state index is 9.85. The van der Waals surface area contributed by atoms with Crippen molar-refractivity contribution in [3.63, 3.8) is 0 Å². The van der Waals surface area contributed by atoms with Crippen LogP contribution in [0.3, 0.4) is 0 Å². The van der Waals surface area contributed by atoms with Crippen LogP contribution < -0.4 is 11.1 Å². The molecule has 1 atom stereocenters. The van der Waals surface area contributed by atoms with Crippen LogP contribution in [0.4, 0.5) is 5.82 Å². The molecule has 0 saturated carbocycles. The number of nitrogens with zero attached hydrogens (tertiary/aromatic N) is 1. The van der Waals surface area contributed by atoms with E-state index in [4.69, 9.17) is 10.8 Å². The van der Waals surface area contributed by atoms with Crippen molar-refractivity contribution in [2.75, 3.05) is 18.9 Å². The summed E-state index contributed by atoms with van der Waals surface area (Å²) in [5.41, 5.74) is 5.75. The summed E-state index contributed by atoms with van der Waals surface area (Å²) < 4.78 is 0. The number of hydrogen-bond donors (Lipinski definition) is 4. The molecule has 1 aromatic heterocycles. The number of nitrogens with two attached hydrogens (primary N) is 1. The third kappa shape index (κ3) is 3.77. The van der Waals surface area contributed by atoms with Crippen LogP contribution in [0, 0.1) is 0 Å². The summed E-state index contributed by atoms with van der Waals surface area (Å²) in [6, 6.07) is 3.39. The number of β-amino-alcohol motifs (C(OH)–C–C–N with tert-alkyl or cyclic N) is 1. The quantitative estimate of drug-likeness (QED) is 0.568. The average Bonchev–Trinajstić information content (AvgIpc) is 2.27. The Morgan fingerprint density at radius 3 is 2.69 bits per heavy atom. The topological polar surface area (TPSA) is 91.4 Å². The summed E-state index contributed by atoms with van der Waals surface area (Å²) in [6.45, 7) is 4.10. The summed E-state index contributed by atoms with van der Waals surface area (Å²) in [4.78, 5) is 3.91. The molecule has 1 heterocycles. The van der Waals surface area contributed by atoms with Crippen molar-refractivity contribution < 1.29 is 10.2 Å².